The van der Waals surface area contributed by atoms with Gasteiger partial charge in [0.05, 0.1) is 16.8 Å². The zero-order valence-corrected chi connectivity index (χ0v) is 14.7. The molecule has 1 amide bonds. The quantitative estimate of drug-likeness (QED) is 0.711. The molecule has 0 bridgehead atoms. The number of rotatable bonds is 3. The normalized spacial score (nSPS) is 14.2. The van der Waals surface area contributed by atoms with Crippen molar-refractivity contribution in [2.45, 2.75) is 19.9 Å². The van der Waals surface area contributed by atoms with Crippen LogP contribution in [0.1, 0.15) is 28.5 Å². The Labute approximate surface area is 152 Å². The number of carbonyl (C=O) groups is 1. The van der Waals surface area contributed by atoms with Crippen LogP contribution < -0.4 is 5.32 Å². The number of amides is 1. The molecule has 3 aromatic rings. The standard InChI is InChI=1S/C21H21N3O2/c1-2-24-12-11-17-15(13-24)20(14-7-3-4-8-16(14)22-17)21(26)23-18-9-5-6-10-19(18)25/h3-10,25H,2,11-13H2,1H3,(H,23,26). The number of fused-ring (bicyclic) bond motifs is 2. The van der Waals surface area contributed by atoms with Gasteiger partial charge in [0, 0.05) is 36.2 Å². The van der Waals surface area contributed by atoms with Gasteiger partial charge in [-0.3, -0.25) is 14.7 Å². The van der Waals surface area contributed by atoms with E-state index < -0.39 is 0 Å². The molecular weight excluding hydrogens is 326 g/mol. The Kier molecular flexibility index (Phi) is 4.31. The molecule has 4 rings (SSSR count). The van der Waals surface area contributed by atoms with Gasteiger partial charge < -0.3 is 10.4 Å². The van der Waals surface area contributed by atoms with Crippen molar-refractivity contribution in [2.75, 3.05) is 18.4 Å². The smallest absolute Gasteiger partial charge is 0.256 e. The molecule has 0 radical (unpaired) electrons. The average Bonchev–Trinajstić information content (AvgIpc) is 2.67. The van der Waals surface area contributed by atoms with Crippen molar-refractivity contribution in [3.8, 4) is 5.75 Å². The summed E-state index contributed by atoms with van der Waals surface area (Å²) in [6.07, 6.45) is 0.838. The number of likely N-dealkylation sites (N-methyl/N-ethyl adjacent to an activating group) is 1. The van der Waals surface area contributed by atoms with E-state index >= 15 is 0 Å². The minimum Gasteiger partial charge on any atom is -0.506 e. The predicted molar refractivity (Wildman–Crippen MR) is 102 cm³/mol. The van der Waals surface area contributed by atoms with Crippen LogP contribution in [0.3, 0.4) is 0 Å². The Morgan fingerprint density at radius 2 is 1.96 bits per heavy atom. The highest BCUT2D eigenvalue weighted by Crippen LogP contribution is 2.30. The van der Waals surface area contributed by atoms with E-state index in [1.807, 2.05) is 24.3 Å². The van der Waals surface area contributed by atoms with Gasteiger partial charge in [-0.15, -0.1) is 0 Å². The van der Waals surface area contributed by atoms with Crippen LogP contribution in [0, 0.1) is 0 Å². The van der Waals surface area contributed by atoms with E-state index in [0.29, 0.717) is 17.8 Å². The number of pyridine rings is 1. The maximum Gasteiger partial charge on any atom is 0.256 e. The first kappa shape index (κ1) is 16.5. The van der Waals surface area contributed by atoms with Crippen LogP contribution in [0.25, 0.3) is 10.9 Å². The lowest BCUT2D eigenvalue weighted by Crippen LogP contribution is -2.33. The first-order valence-corrected chi connectivity index (χ1v) is 8.89. The molecule has 2 aromatic carbocycles. The molecule has 132 valence electrons. The number of benzene rings is 2. The summed E-state index contributed by atoms with van der Waals surface area (Å²) < 4.78 is 0. The van der Waals surface area contributed by atoms with Crippen molar-refractivity contribution in [3.05, 3.63) is 65.4 Å². The van der Waals surface area contributed by atoms with Crippen molar-refractivity contribution in [1.82, 2.24) is 9.88 Å². The molecule has 26 heavy (non-hydrogen) atoms. The van der Waals surface area contributed by atoms with Gasteiger partial charge in [-0.05, 0) is 24.7 Å². The number of carbonyl (C=O) groups excluding carboxylic acids is 1. The number of nitrogens with one attached hydrogen (secondary N) is 1. The monoisotopic (exact) mass is 347 g/mol. The average molecular weight is 347 g/mol. The van der Waals surface area contributed by atoms with Crippen LogP contribution in [-0.2, 0) is 13.0 Å². The molecular formula is C21H21N3O2. The summed E-state index contributed by atoms with van der Waals surface area (Å²) in [5, 5.41) is 13.7. The van der Waals surface area contributed by atoms with Gasteiger partial charge in [0.1, 0.15) is 5.75 Å². The first-order valence-electron chi connectivity index (χ1n) is 8.89. The van der Waals surface area contributed by atoms with Gasteiger partial charge in [-0.25, -0.2) is 0 Å². The summed E-state index contributed by atoms with van der Waals surface area (Å²) in [7, 11) is 0. The van der Waals surface area contributed by atoms with E-state index in [1.165, 1.54) is 0 Å². The highest BCUT2D eigenvalue weighted by molar-refractivity contribution is 6.14. The summed E-state index contributed by atoms with van der Waals surface area (Å²) in [5.74, 6) is -0.150. The molecule has 5 nitrogen and oxygen atoms in total. The minimum atomic E-state index is -0.209. The van der Waals surface area contributed by atoms with Crippen molar-refractivity contribution in [3.63, 3.8) is 0 Å². The van der Waals surface area contributed by atoms with Crippen LogP contribution in [0.2, 0.25) is 0 Å². The van der Waals surface area contributed by atoms with Crippen molar-refractivity contribution in [1.29, 1.82) is 0 Å². The molecule has 0 unspecified atom stereocenters. The van der Waals surface area contributed by atoms with E-state index in [9.17, 15) is 9.90 Å². The van der Waals surface area contributed by atoms with E-state index in [0.717, 1.165) is 41.7 Å². The van der Waals surface area contributed by atoms with Crippen LogP contribution in [0.5, 0.6) is 5.75 Å². The van der Waals surface area contributed by atoms with Gasteiger partial charge in [0.15, 0.2) is 0 Å². The first-order chi connectivity index (χ1) is 12.7. The van der Waals surface area contributed by atoms with E-state index in [1.54, 1.807) is 24.3 Å². The van der Waals surface area contributed by atoms with Crippen LogP contribution in [-0.4, -0.2) is 34.0 Å². The van der Waals surface area contributed by atoms with Crippen molar-refractivity contribution >= 4 is 22.5 Å². The van der Waals surface area contributed by atoms with Gasteiger partial charge in [-0.1, -0.05) is 37.3 Å². The number of aromatic hydroxyl groups is 1. The molecule has 2 N–H and O–H groups in total. The fraction of sp³-hybridized carbons (Fsp3) is 0.238. The largest absolute Gasteiger partial charge is 0.506 e. The van der Waals surface area contributed by atoms with E-state index in [4.69, 9.17) is 4.98 Å². The molecule has 1 aliphatic rings. The SMILES string of the molecule is CCN1CCc2nc3ccccc3c(C(=O)Nc3ccccc3O)c2C1. The maximum atomic E-state index is 13.2. The summed E-state index contributed by atoms with van der Waals surface area (Å²) >= 11 is 0. The molecule has 0 saturated heterocycles. The Bertz CT molecular complexity index is 984. The Morgan fingerprint density at radius 1 is 1.19 bits per heavy atom. The Balaban J connectivity index is 1.84. The van der Waals surface area contributed by atoms with Crippen LogP contribution >= 0.6 is 0 Å². The Hall–Kier alpha value is -2.92. The summed E-state index contributed by atoms with van der Waals surface area (Å²) in [6, 6.07) is 14.5. The number of hydrogen-bond acceptors (Lipinski definition) is 4. The van der Waals surface area contributed by atoms with Crippen molar-refractivity contribution < 1.29 is 9.90 Å². The predicted octanol–water partition coefficient (Wildman–Crippen LogP) is 3.57. The third-order valence-corrected chi connectivity index (χ3v) is 4.95. The topological polar surface area (TPSA) is 65.5 Å². The van der Waals surface area contributed by atoms with Gasteiger partial charge >= 0.3 is 0 Å². The highest BCUT2D eigenvalue weighted by atomic mass is 16.3. The molecule has 0 fully saturated rings. The van der Waals surface area contributed by atoms with Crippen LogP contribution in [0.15, 0.2) is 48.5 Å². The second-order valence-corrected chi connectivity index (χ2v) is 6.52. The van der Waals surface area contributed by atoms with Crippen LogP contribution in [0.4, 0.5) is 5.69 Å². The number of aromatic nitrogens is 1. The lowest BCUT2D eigenvalue weighted by Gasteiger charge is -2.29. The molecule has 0 spiro atoms. The molecule has 1 aliphatic heterocycles. The minimum absolute atomic E-state index is 0.0586. The zero-order chi connectivity index (χ0) is 18.1. The van der Waals surface area contributed by atoms with Gasteiger partial charge in [0.2, 0.25) is 0 Å². The number of para-hydroxylation sites is 3. The fourth-order valence-electron chi connectivity index (χ4n) is 3.54. The van der Waals surface area contributed by atoms with E-state index in [2.05, 4.69) is 17.1 Å². The van der Waals surface area contributed by atoms with Crippen molar-refractivity contribution in [2.24, 2.45) is 0 Å². The Morgan fingerprint density at radius 3 is 2.77 bits per heavy atom. The molecule has 1 aromatic heterocycles. The van der Waals surface area contributed by atoms with Gasteiger partial charge in [0.25, 0.3) is 5.91 Å². The number of anilines is 1. The lowest BCUT2D eigenvalue weighted by molar-refractivity contribution is 0.102. The highest BCUT2D eigenvalue weighted by Gasteiger charge is 2.25. The maximum absolute atomic E-state index is 13.2. The van der Waals surface area contributed by atoms with Gasteiger partial charge in [-0.2, -0.15) is 0 Å². The number of nitrogens with zero attached hydrogens (tertiary/aromatic N) is 2. The molecule has 0 atom stereocenters. The van der Waals surface area contributed by atoms with E-state index in [-0.39, 0.29) is 11.7 Å². The lowest BCUT2D eigenvalue weighted by atomic mass is 9.95. The fourth-order valence-corrected chi connectivity index (χ4v) is 3.54. The molecule has 5 heteroatoms. The summed E-state index contributed by atoms with van der Waals surface area (Å²) in [4.78, 5) is 20.3. The summed E-state index contributed by atoms with van der Waals surface area (Å²) in [5.41, 5.74) is 3.89. The molecule has 0 saturated carbocycles. The summed E-state index contributed by atoms with van der Waals surface area (Å²) in [6.45, 7) is 4.73. The molecule has 2 heterocycles. The third-order valence-electron chi connectivity index (χ3n) is 4.95. The number of phenolic OH excluding ortho intramolecular Hbond substituents is 1. The zero-order valence-electron chi connectivity index (χ0n) is 14.7. The number of hydrogen-bond donors (Lipinski definition) is 2. The number of phenols is 1. The second-order valence-electron chi connectivity index (χ2n) is 6.52. The third kappa shape index (κ3) is 2.91. The molecule has 0 aliphatic carbocycles. The second kappa shape index (κ2) is 6.77.